The Kier molecular flexibility index (Phi) is 11.9. The Labute approximate surface area is 309 Å². The normalized spacial score (nSPS) is 13.0. The van der Waals surface area contributed by atoms with Crippen LogP contribution in [0.25, 0.3) is 10.8 Å². The smallest absolute Gasteiger partial charge is 0.337 e. The molecule has 3 amide bonds. The molecule has 10 nitrogen and oxygen atoms in total. The summed E-state index contributed by atoms with van der Waals surface area (Å²) in [7, 11) is 3.13. The van der Waals surface area contributed by atoms with E-state index in [2.05, 4.69) is 15.5 Å². The summed E-state index contributed by atoms with van der Waals surface area (Å²) in [6.45, 7) is 6.39. The van der Waals surface area contributed by atoms with Crippen LogP contribution in [-0.2, 0) is 22.3 Å². The molecule has 0 atom stereocenters. The lowest BCUT2D eigenvalue weighted by Crippen LogP contribution is -2.41. The first-order chi connectivity index (χ1) is 25.7. The molecule has 6 rings (SSSR count). The standard InChI is InChI=1S/C43H44N4O6/c1-29-25-37(18-17-31(29)14-11-30-12-15-32(16-13-30)43(51)52-3)44-41(49)38-27-33-7-4-5-8-34(33)28-39(38)45-40(48)35-9-6-10-36(26-35)42(50)46(2)19-20-47-21-23-53-24-22-47/h4-10,12-13,15-18,25-28H,11,14,19-24H2,1-3H3,(H,44,49)(H,45,48). The van der Waals surface area contributed by atoms with Crippen LogP contribution < -0.4 is 10.6 Å². The number of nitrogens with zero attached hydrogens (tertiary/aromatic N) is 2. The third kappa shape index (κ3) is 9.34. The van der Waals surface area contributed by atoms with Crippen molar-refractivity contribution in [2.75, 3.05) is 64.2 Å². The fraction of sp³-hybridized carbons (Fsp3) is 0.256. The van der Waals surface area contributed by atoms with Crippen molar-refractivity contribution in [1.29, 1.82) is 0 Å². The van der Waals surface area contributed by atoms with Gasteiger partial charge in [0.05, 0.1) is 37.1 Å². The van der Waals surface area contributed by atoms with Gasteiger partial charge >= 0.3 is 5.97 Å². The molecule has 1 heterocycles. The molecule has 1 saturated heterocycles. The number of benzene rings is 5. The number of anilines is 2. The quantitative estimate of drug-likeness (QED) is 0.140. The van der Waals surface area contributed by atoms with E-state index in [0.717, 1.165) is 59.9 Å². The number of esters is 1. The molecule has 1 aliphatic heterocycles. The highest BCUT2D eigenvalue weighted by Gasteiger charge is 2.20. The zero-order chi connectivity index (χ0) is 37.3. The maximum atomic E-state index is 13.8. The van der Waals surface area contributed by atoms with Crippen molar-refractivity contribution in [3.63, 3.8) is 0 Å². The molecule has 10 heteroatoms. The Balaban J connectivity index is 1.14. The summed E-state index contributed by atoms with van der Waals surface area (Å²) in [5.41, 5.74) is 5.81. The molecule has 0 saturated carbocycles. The maximum absolute atomic E-state index is 13.8. The molecule has 0 radical (unpaired) electrons. The van der Waals surface area contributed by atoms with Crippen LogP contribution in [0, 0.1) is 6.92 Å². The predicted octanol–water partition coefficient (Wildman–Crippen LogP) is 6.63. The molecule has 5 aromatic rings. The Morgan fingerprint density at radius 3 is 2.19 bits per heavy atom. The first-order valence-electron chi connectivity index (χ1n) is 17.8. The Morgan fingerprint density at radius 2 is 1.47 bits per heavy atom. The number of likely N-dealkylation sites (N-methyl/N-ethyl adjacent to an activating group) is 1. The van der Waals surface area contributed by atoms with Gasteiger partial charge in [-0.3, -0.25) is 19.3 Å². The van der Waals surface area contributed by atoms with Crippen LogP contribution in [0.2, 0.25) is 0 Å². The highest BCUT2D eigenvalue weighted by Crippen LogP contribution is 2.27. The van der Waals surface area contributed by atoms with E-state index in [1.807, 2.05) is 61.5 Å². The second-order valence-corrected chi connectivity index (χ2v) is 13.2. The van der Waals surface area contributed by atoms with E-state index in [1.165, 1.54) is 7.11 Å². The minimum atomic E-state index is -0.430. The maximum Gasteiger partial charge on any atom is 0.337 e. The number of amides is 3. The van der Waals surface area contributed by atoms with Crippen LogP contribution in [-0.4, -0.2) is 87.0 Å². The lowest BCUT2D eigenvalue weighted by molar-refractivity contribution is 0.0338. The molecular formula is C43H44N4O6. The summed E-state index contributed by atoms with van der Waals surface area (Å²) in [5, 5.41) is 7.69. The Morgan fingerprint density at radius 1 is 0.755 bits per heavy atom. The number of carbonyl (C=O) groups excluding carboxylic acids is 4. The van der Waals surface area contributed by atoms with Crippen LogP contribution in [0.1, 0.15) is 58.1 Å². The zero-order valence-corrected chi connectivity index (χ0v) is 30.3. The summed E-state index contributed by atoms with van der Waals surface area (Å²) in [6.07, 6.45) is 1.58. The minimum absolute atomic E-state index is 0.172. The number of hydrogen-bond acceptors (Lipinski definition) is 7. The van der Waals surface area contributed by atoms with E-state index >= 15 is 0 Å². The van der Waals surface area contributed by atoms with Gasteiger partial charge in [0.15, 0.2) is 0 Å². The van der Waals surface area contributed by atoms with Gasteiger partial charge in [0.1, 0.15) is 0 Å². The van der Waals surface area contributed by atoms with E-state index < -0.39 is 5.91 Å². The van der Waals surface area contributed by atoms with Crippen molar-refractivity contribution >= 4 is 45.8 Å². The average Bonchev–Trinajstić information content (AvgIpc) is 3.19. The van der Waals surface area contributed by atoms with Crippen LogP contribution >= 0.6 is 0 Å². The summed E-state index contributed by atoms with van der Waals surface area (Å²) >= 11 is 0. The predicted molar refractivity (Wildman–Crippen MR) is 207 cm³/mol. The van der Waals surface area contributed by atoms with E-state index in [1.54, 1.807) is 60.5 Å². The average molecular weight is 713 g/mol. The lowest BCUT2D eigenvalue weighted by atomic mass is 9.99. The minimum Gasteiger partial charge on any atom is -0.465 e. The number of ether oxygens (including phenoxy) is 2. The SMILES string of the molecule is COC(=O)c1ccc(CCc2ccc(NC(=O)c3cc4ccccc4cc3NC(=O)c3cccc(C(=O)N(C)CCN4CCOCC4)c3)cc2C)cc1. The van der Waals surface area contributed by atoms with Gasteiger partial charge in [0.2, 0.25) is 0 Å². The number of aryl methyl sites for hydroxylation is 3. The fourth-order valence-corrected chi connectivity index (χ4v) is 6.41. The first kappa shape index (κ1) is 36.9. The first-order valence-corrected chi connectivity index (χ1v) is 17.8. The molecule has 0 bridgehead atoms. The van der Waals surface area contributed by atoms with E-state index in [-0.39, 0.29) is 17.8 Å². The number of hydrogen-bond donors (Lipinski definition) is 2. The topological polar surface area (TPSA) is 117 Å². The van der Waals surface area contributed by atoms with Crippen molar-refractivity contribution < 1.29 is 28.7 Å². The van der Waals surface area contributed by atoms with Crippen molar-refractivity contribution in [3.8, 4) is 0 Å². The van der Waals surface area contributed by atoms with E-state index in [9.17, 15) is 19.2 Å². The molecular weight excluding hydrogens is 668 g/mol. The number of fused-ring (bicyclic) bond motifs is 1. The molecule has 0 aliphatic carbocycles. The monoisotopic (exact) mass is 712 g/mol. The second kappa shape index (κ2) is 17.1. The molecule has 5 aromatic carbocycles. The van der Waals surface area contributed by atoms with Gasteiger partial charge in [-0.15, -0.1) is 0 Å². The van der Waals surface area contributed by atoms with Crippen molar-refractivity contribution in [1.82, 2.24) is 9.80 Å². The zero-order valence-electron chi connectivity index (χ0n) is 30.3. The molecule has 2 N–H and O–H groups in total. The Bertz CT molecular complexity index is 2120. The van der Waals surface area contributed by atoms with E-state index in [0.29, 0.717) is 53.4 Å². The number of nitrogens with one attached hydrogen (secondary N) is 2. The second-order valence-electron chi connectivity index (χ2n) is 13.2. The molecule has 272 valence electrons. The molecule has 0 unspecified atom stereocenters. The highest BCUT2D eigenvalue weighted by atomic mass is 16.5. The van der Waals surface area contributed by atoms with E-state index in [4.69, 9.17) is 9.47 Å². The van der Waals surface area contributed by atoms with Gasteiger partial charge < -0.3 is 25.0 Å². The van der Waals surface area contributed by atoms with Gasteiger partial charge in [-0.2, -0.15) is 0 Å². The summed E-state index contributed by atoms with van der Waals surface area (Å²) in [6, 6.07) is 31.1. The molecule has 0 aromatic heterocycles. The van der Waals surface area contributed by atoms with Gasteiger partial charge in [0, 0.05) is 50.0 Å². The van der Waals surface area contributed by atoms with Crippen LogP contribution in [0.5, 0.6) is 0 Å². The highest BCUT2D eigenvalue weighted by molar-refractivity contribution is 6.15. The van der Waals surface area contributed by atoms with Crippen molar-refractivity contribution in [2.45, 2.75) is 19.8 Å². The molecule has 53 heavy (non-hydrogen) atoms. The van der Waals surface area contributed by atoms with Crippen LogP contribution in [0.15, 0.2) is 103 Å². The largest absolute Gasteiger partial charge is 0.465 e. The Hall–Kier alpha value is -5.84. The third-order valence-electron chi connectivity index (χ3n) is 9.61. The summed E-state index contributed by atoms with van der Waals surface area (Å²) in [5.74, 6) is -1.33. The molecule has 0 spiro atoms. The van der Waals surface area contributed by atoms with Crippen molar-refractivity contribution in [3.05, 3.63) is 142 Å². The molecule has 1 aliphatic rings. The van der Waals surface area contributed by atoms with Gasteiger partial charge in [0.25, 0.3) is 17.7 Å². The number of methoxy groups -OCH3 is 1. The number of rotatable bonds is 12. The summed E-state index contributed by atoms with van der Waals surface area (Å²) in [4.78, 5) is 56.5. The number of morpholine rings is 1. The molecule has 1 fully saturated rings. The van der Waals surface area contributed by atoms with Crippen LogP contribution in [0.3, 0.4) is 0 Å². The summed E-state index contributed by atoms with van der Waals surface area (Å²) < 4.78 is 10.2. The van der Waals surface area contributed by atoms with Crippen molar-refractivity contribution in [2.24, 2.45) is 0 Å². The third-order valence-corrected chi connectivity index (χ3v) is 9.61. The lowest BCUT2D eigenvalue weighted by Gasteiger charge is -2.28. The van der Waals surface area contributed by atoms with Gasteiger partial charge in [-0.25, -0.2) is 4.79 Å². The van der Waals surface area contributed by atoms with Crippen LogP contribution in [0.4, 0.5) is 11.4 Å². The fourth-order valence-electron chi connectivity index (χ4n) is 6.41. The van der Waals surface area contributed by atoms with Gasteiger partial charge in [-0.1, -0.05) is 48.5 Å². The van der Waals surface area contributed by atoms with Gasteiger partial charge in [-0.05, 0) is 102 Å². The number of carbonyl (C=O) groups is 4.